The van der Waals surface area contributed by atoms with Crippen LogP contribution in [0.1, 0.15) is 32.3 Å². The molecule has 0 bridgehead atoms. The van der Waals surface area contributed by atoms with Gasteiger partial charge in [0, 0.05) is 24.7 Å². The molecule has 116 valence electrons. The first kappa shape index (κ1) is 16.9. The van der Waals surface area contributed by atoms with E-state index in [1.807, 2.05) is 13.8 Å². The minimum absolute atomic E-state index is 0.0746. The Morgan fingerprint density at radius 3 is 2.62 bits per heavy atom. The molecule has 0 saturated carbocycles. The van der Waals surface area contributed by atoms with Crippen LogP contribution < -0.4 is 10.9 Å². The second kappa shape index (κ2) is 7.61. The summed E-state index contributed by atoms with van der Waals surface area (Å²) in [5, 5.41) is 11.6. The highest BCUT2D eigenvalue weighted by molar-refractivity contribution is 5.83. The van der Waals surface area contributed by atoms with Crippen LogP contribution in [0.4, 0.5) is 0 Å². The number of rotatable bonds is 7. The Kier molecular flexibility index (Phi) is 6.14. The number of pyridine rings is 1. The lowest BCUT2D eigenvalue weighted by molar-refractivity contribution is -0.142. The third-order valence-corrected chi connectivity index (χ3v) is 3.13. The first-order valence-electron chi connectivity index (χ1n) is 6.99. The van der Waals surface area contributed by atoms with Crippen molar-refractivity contribution in [3.63, 3.8) is 0 Å². The van der Waals surface area contributed by atoms with E-state index in [0.717, 1.165) is 0 Å². The molecule has 2 N–H and O–H groups in total. The summed E-state index contributed by atoms with van der Waals surface area (Å²) in [6.07, 6.45) is 2.07. The summed E-state index contributed by atoms with van der Waals surface area (Å²) >= 11 is 0. The summed E-state index contributed by atoms with van der Waals surface area (Å²) in [5.41, 5.74) is 0.475. The van der Waals surface area contributed by atoms with Crippen molar-refractivity contribution in [2.24, 2.45) is 5.92 Å². The van der Waals surface area contributed by atoms with E-state index < -0.39 is 12.0 Å². The molecule has 1 amide bonds. The van der Waals surface area contributed by atoms with Crippen molar-refractivity contribution in [3.05, 3.63) is 34.2 Å². The number of carbonyl (C=O) groups excluding carboxylic acids is 1. The lowest BCUT2D eigenvalue weighted by Crippen LogP contribution is -2.42. The van der Waals surface area contributed by atoms with Gasteiger partial charge in [0.05, 0.1) is 0 Å². The molecular formula is C15H22N2O4. The summed E-state index contributed by atoms with van der Waals surface area (Å²) in [6, 6.07) is 2.57. The third-order valence-electron chi connectivity index (χ3n) is 3.13. The average Bonchev–Trinajstić information content (AvgIpc) is 2.39. The smallest absolute Gasteiger partial charge is 0.326 e. The fourth-order valence-corrected chi connectivity index (χ4v) is 2.01. The van der Waals surface area contributed by atoms with E-state index in [0.29, 0.717) is 12.0 Å². The van der Waals surface area contributed by atoms with Gasteiger partial charge in [-0.05, 0) is 25.3 Å². The molecule has 1 heterocycles. The summed E-state index contributed by atoms with van der Waals surface area (Å²) < 4.78 is 1.45. The van der Waals surface area contributed by atoms with Crippen LogP contribution in [0, 0.1) is 12.8 Å². The molecule has 0 spiro atoms. The molecule has 0 aliphatic heterocycles. The first-order valence-corrected chi connectivity index (χ1v) is 6.99. The monoisotopic (exact) mass is 294 g/mol. The Bertz CT molecular complexity index is 563. The lowest BCUT2D eigenvalue weighted by Gasteiger charge is -2.16. The van der Waals surface area contributed by atoms with Gasteiger partial charge in [-0.1, -0.05) is 19.9 Å². The Morgan fingerprint density at radius 1 is 1.38 bits per heavy atom. The summed E-state index contributed by atoms with van der Waals surface area (Å²) in [6.45, 7) is 5.74. The summed E-state index contributed by atoms with van der Waals surface area (Å²) in [4.78, 5) is 34.7. The summed E-state index contributed by atoms with van der Waals surface area (Å²) in [5.74, 6) is -1.23. The molecule has 0 radical (unpaired) electrons. The van der Waals surface area contributed by atoms with Crippen LogP contribution in [0.25, 0.3) is 0 Å². The molecule has 0 fully saturated rings. The van der Waals surface area contributed by atoms with Gasteiger partial charge in [-0.2, -0.15) is 0 Å². The number of carboxylic acid groups (broad SMARTS) is 1. The van der Waals surface area contributed by atoms with Crippen LogP contribution in [-0.2, 0) is 16.1 Å². The Balaban J connectivity index is 2.59. The Morgan fingerprint density at radius 2 is 2.05 bits per heavy atom. The fraction of sp³-hybridized carbons (Fsp3) is 0.533. The number of aryl methyl sites for hydroxylation is 2. The van der Waals surface area contributed by atoms with Crippen LogP contribution in [0.5, 0.6) is 0 Å². The first-order chi connectivity index (χ1) is 9.81. The number of nitrogens with zero attached hydrogens (tertiary/aromatic N) is 1. The van der Waals surface area contributed by atoms with Crippen molar-refractivity contribution >= 4 is 11.9 Å². The highest BCUT2D eigenvalue weighted by atomic mass is 16.4. The van der Waals surface area contributed by atoms with Gasteiger partial charge in [0.15, 0.2) is 0 Å². The molecule has 1 atom stereocenters. The summed E-state index contributed by atoms with van der Waals surface area (Å²) in [7, 11) is 0. The zero-order valence-electron chi connectivity index (χ0n) is 12.6. The highest BCUT2D eigenvalue weighted by Crippen LogP contribution is 2.05. The second-order valence-corrected chi connectivity index (χ2v) is 5.53. The number of aliphatic carboxylic acids is 1. The normalized spacial score (nSPS) is 12.2. The standard InChI is InChI=1S/C15H22N2O4/c1-10(2)9-12(15(20)21)16-13(18)6-8-17-7-4-5-11(3)14(17)19/h4-5,7,10,12H,6,8-9H2,1-3H3,(H,16,18)(H,20,21). The number of carboxylic acids is 1. The maximum absolute atomic E-state index is 11.8. The van der Waals surface area contributed by atoms with Crippen LogP contribution in [0.3, 0.4) is 0 Å². The number of carbonyl (C=O) groups is 2. The SMILES string of the molecule is Cc1cccn(CCC(=O)NC(CC(C)C)C(=O)O)c1=O. The molecule has 6 nitrogen and oxygen atoms in total. The largest absolute Gasteiger partial charge is 0.480 e. The van der Waals surface area contributed by atoms with Gasteiger partial charge in [0.25, 0.3) is 5.56 Å². The van der Waals surface area contributed by atoms with Crippen molar-refractivity contribution in [1.82, 2.24) is 9.88 Å². The van der Waals surface area contributed by atoms with E-state index in [9.17, 15) is 14.4 Å². The minimum Gasteiger partial charge on any atom is -0.480 e. The molecular weight excluding hydrogens is 272 g/mol. The van der Waals surface area contributed by atoms with E-state index in [4.69, 9.17) is 5.11 Å². The Hall–Kier alpha value is -2.11. The number of hydrogen-bond donors (Lipinski definition) is 2. The van der Waals surface area contributed by atoms with Crippen LogP contribution in [-0.4, -0.2) is 27.6 Å². The quantitative estimate of drug-likeness (QED) is 0.790. The van der Waals surface area contributed by atoms with E-state index in [2.05, 4.69) is 5.32 Å². The maximum Gasteiger partial charge on any atom is 0.326 e. The fourth-order valence-electron chi connectivity index (χ4n) is 2.01. The number of nitrogens with one attached hydrogen (secondary N) is 1. The number of aromatic nitrogens is 1. The van der Waals surface area contributed by atoms with Gasteiger partial charge in [-0.15, -0.1) is 0 Å². The van der Waals surface area contributed by atoms with Crippen LogP contribution >= 0.6 is 0 Å². The lowest BCUT2D eigenvalue weighted by atomic mass is 10.0. The molecule has 21 heavy (non-hydrogen) atoms. The van der Waals surface area contributed by atoms with Gasteiger partial charge in [-0.25, -0.2) is 4.79 Å². The molecule has 6 heteroatoms. The zero-order chi connectivity index (χ0) is 16.0. The predicted molar refractivity (Wildman–Crippen MR) is 79.1 cm³/mol. The van der Waals surface area contributed by atoms with Gasteiger partial charge < -0.3 is 15.0 Å². The molecule has 1 aromatic heterocycles. The topological polar surface area (TPSA) is 88.4 Å². The van der Waals surface area contributed by atoms with Crippen molar-refractivity contribution in [2.75, 3.05) is 0 Å². The molecule has 0 aromatic carbocycles. The average molecular weight is 294 g/mol. The third kappa shape index (κ3) is 5.41. The number of hydrogen-bond acceptors (Lipinski definition) is 3. The Labute approximate surface area is 123 Å². The van der Waals surface area contributed by atoms with E-state index in [1.54, 1.807) is 25.3 Å². The zero-order valence-corrected chi connectivity index (χ0v) is 12.6. The van der Waals surface area contributed by atoms with Gasteiger partial charge in [0.2, 0.25) is 5.91 Å². The predicted octanol–water partition coefficient (Wildman–Crippen LogP) is 1.16. The van der Waals surface area contributed by atoms with Gasteiger partial charge >= 0.3 is 5.97 Å². The van der Waals surface area contributed by atoms with Crippen molar-refractivity contribution in [1.29, 1.82) is 0 Å². The minimum atomic E-state index is -1.04. The molecule has 1 aromatic rings. The molecule has 0 aliphatic carbocycles. The molecule has 1 rings (SSSR count). The molecule has 0 aliphatic rings. The van der Waals surface area contributed by atoms with Gasteiger partial charge in [0.1, 0.15) is 6.04 Å². The van der Waals surface area contributed by atoms with E-state index >= 15 is 0 Å². The highest BCUT2D eigenvalue weighted by Gasteiger charge is 2.20. The van der Waals surface area contributed by atoms with Gasteiger partial charge in [-0.3, -0.25) is 9.59 Å². The van der Waals surface area contributed by atoms with Crippen LogP contribution in [0.2, 0.25) is 0 Å². The van der Waals surface area contributed by atoms with Crippen molar-refractivity contribution in [2.45, 2.75) is 46.2 Å². The second-order valence-electron chi connectivity index (χ2n) is 5.53. The van der Waals surface area contributed by atoms with Crippen molar-refractivity contribution in [3.8, 4) is 0 Å². The van der Waals surface area contributed by atoms with E-state index in [-0.39, 0.29) is 30.3 Å². The number of amides is 1. The molecule has 1 unspecified atom stereocenters. The molecule has 0 saturated heterocycles. The van der Waals surface area contributed by atoms with Crippen LogP contribution in [0.15, 0.2) is 23.1 Å². The van der Waals surface area contributed by atoms with E-state index in [1.165, 1.54) is 4.57 Å². The van der Waals surface area contributed by atoms with Crippen molar-refractivity contribution < 1.29 is 14.7 Å². The maximum atomic E-state index is 11.8.